The first kappa shape index (κ1) is 12.9. The van der Waals surface area contributed by atoms with Gasteiger partial charge in [-0.2, -0.15) is 0 Å². The lowest BCUT2D eigenvalue weighted by molar-refractivity contribution is 0.280. The van der Waals surface area contributed by atoms with Gasteiger partial charge < -0.3 is 15.6 Å². The summed E-state index contributed by atoms with van der Waals surface area (Å²) < 4.78 is 5.20. The minimum Gasteiger partial charge on any atom is -0.497 e. The SMILES string of the molecule is COc1ccc2cc(C(N)CCCO)ccc2c1. The van der Waals surface area contributed by atoms with Gasteiger partial charge >= 0.3 is 0 Å². The molecule has 18 heavy (non-hydrogen) atoms. The Morgan fingerprint density at radius 3 is 2.61 bits per heavy atom. The van der Waals surface area contributed by atoms with Gasteiger partial charge in [-0.3, -0.25) is 0 Å². The van der Waals surface area contributed by atoms with Crippen molar-refractivity contribution in [3.8, 4) is 5.75 Å². The Bertz CT molecular complexity index is 525. The lowest BCUT2D eigenvalue weighted by Gasteiger charge is -2.12. The third-order valence-electron chi connectivity index (χ3n) is 3.17. The number of aliphatic hydroxyl groups is 1. The lowest BCUT2D eigenvalue weighted by Crippen LogP contribution is -2.10. The predicted octanol–water partition coefficient (Wildman–Crippen LogP) is 2.62. The minimum absolute atomic E-state index is 0.0105. The number of fused-ring (bicyclic) bond motifs is 1. The second-order valence-electron chi connectivity index (χ2n) is 4.44. The first-order valence-electron chi connectivity index (χ1n) is 6.18. The highest BCUT2D eigenvalue weighted by atomic mass is 16.5. The zero-order chi connectivity index (χ0) is 13.0. The minimum atomic E-state index is -0.0105. The maximum atomic E-state index is 8.82. The Morgan fingerprint density at radius 1 is 1.17 bits per heavy atom. The molecule has 0 heterocycles. The molecule has 0 aromatic heterocycles. The molecule has 0 spiro atoms. The smallest absolute Gasteiger partial charge is 0.119 e. The second-order valence-corrected chi connectivity index (χ2v) is 4.44. The maximum absolute atomic E-state index is 8.82. The van der Waals surface area contributed by atoms with E-state index in [1.807, 2.05) is 24.3 Å². The van der Waals surface area contributed by atoms with Gasteiger partial charge in [0, 0.05) is 12.6 Å². The molecule has 0 bridgehead atoms. The van der Waals surface area contributed by atoms with Crippen LogP contribution in [0.15, 0.2) is 36.4 Å². The molecule has 1 atom stereocenters. The highest BCUT2D eigenvalue weighted by Gasteiger charge is 2.06. The van der Waals surface area contributed by atoms with E-state index in [-0.39, 0.29) is 12.6 Å². The molecule has 0 amide bonds. The van der Waals surface area contributed by atoms with Crippen molar-refractivity contribution in [1.82, 2.24) is 0 Å². The number of rotatable bonds is 5. The fourth-order valence-corrected chi connectivity index (χ4v) is 2.08. The third-order valence-corrected chi connectivity index (χ3v) is 3.17. The molecule has 3 nitrogen and oxygen atoms in total. The monoisotopic (exact) mass is 245 g/mol. The van der Waals surface area contributed by atoms with Gasteiger partial charge in [0.15, 0.2) is 0 Å². The normalized spacial score (nSPS) is 12.6. The summed E-state index contributed by atoms with van der Waals surface area (Å²) in [6.07, 6.45) is 1.54. The summed E-state index contributed by atoms with van der Waals surface area (Å²) in [4.78, 5) is 0. The Morgan fingerprint density at radius 2 is 1.89 bits per heavy atom. The molecule has 2 aromatic carbocycles. The topological polar surface area (TPSA) is 55.5 Å². The molecule has 0 radical (unpaired) electrons. The van der Waals surface area contributed by atoms with E-state index in [0.29, 0.717) is 0 Å². The second kappa shape index (κ2) is 5.85. The molecule has 0 saturated carbocycles. The average Bonchev–Trinajstić information content (AvgIpc) is 2.43. The Balaban J connectivity index is 2.27. The van der Waals surface area contributed by atoms with Crippen LogP contribution in [0.1, 0.15) is 24.4 Å². The van der Waals surface area contributed by atoms with Gasteiger partial charge in [0.05, 0.1) is 7.11 Å². The average molecular weight is 245 g/mol. The first-order chi connectivity index (χ1) is 8.74. The van der Waals surface area contributed by atoms with Crippen LogP contribution in [0.3, 0.4) is 0 Å². The van der Waals surface area contributed by atoms with Crippen LogP contribution in [0.5, 0.6) is 5.75 Å². The molecule has 0 aliphatic rings. The van der Waals surface area contributed by atoms with Gasteiger partial charge in [0.2, 0.25) is 0 Å². The zero-order valence-electron chi connectivity index (χ0n) is 10.6. The van der Waals surface area contributed by atoms with Crippen molar-refractivity contribution in [1.29, 1.82) is 0 Å². The van der Waals surface area contributed by atoms with Crippen LogP contribution in [0.2, 0.25) is 0 Å². The van der Waals surface area contributed by atoms with Crippen molar-refractivity contribution in [3.05, 3.63) is 42.0 Å². The van der Waals surface area contributed by atoms with E-state index in [4.69, 9.17) is 15.6 Å². The van der Waals surface area contributed by atoms with Gasteiger partial charge in [-0.1, -0.05) is 18.2 Å². The molecule has 2 aromatic rings. The summed E-state index contributed by atoms with van der Waals surface area (Å²) in [6.45, 7) is 0.193. The summed E-state index contributed by atoms with van der Waals surface area (Å²) in [5, 5.41) is 11.1. The molecule has 2 rings (SSSR count). The largest absolute Gasteiger partial charge is 0.497 e. The van der Waals surface area contributed by atoms with Crippen LogP contribution in [-0.2, 0) is 0 Å². The highest BCUT2D eigenvalue weighted by molar-refractivity contribution is 5.84. The van der Waals surface area contributed by atoms with Crippen molar-refractivity contribution in [3.63, 3.8) is 0 Å². The number of hydrogen-bond acceptors (Lipinski definition) is 3. The molecular weight excluding hydrogens is 226 g/mol. The van der Waals surface area contributed by atoms with E-state index in [2.05, 4.69) is 12.1 Å². The fraction of sp³-hybridized carbons (Fsp3) is 0.333. The van der Waals surface area contributed by atoms with E-state index in [0.717, 1.165) is 34.9 Å². The molecule has 3 N–H and O–H groups in total. The number of ether oxygens (including phenoxy) is 1. The van der Waals surface area contributed by atoms with Crippen LogP contribution < -0.4 is 10.5 Å². The molecule has 0 aliphatic heterocycles. The van der Waals surface area contributed by atoms with Crippen LogP contribution in [0.25, 0.3) is 10.8 Å². The molecular formula is C15H19NO2. The molecule has 96 valence electrons. The van der Waals surface area contributed by atoms with E-state index >= 15 is 0 Å². The van der Waals surface area contributed by atoms with Crippen LogP contribution in [-0.4, -0.2) is 18.8 Å². The summed E-state index contributed by atoms with van der Waals surface area (Å²) in [6, 6.07) is 12.2. The van der Waals surface area contributed by atoms with E-state index < -0.39 is 0 Å². The van der Waals surface area contributed by atoms with Crippen molar-refractivity contribution in [2.45, 2.75) is 18.9 Å². The summed E-state index contributed by atoms with van der Waals surface area (Å²) in [7, 11) is 1.67. The van der Waals surface area contributed by atoms with Crippen LogP contribution in [0, 0.1) is 0 Å². The summed E-state index contributed by atoms with van der Waals surface area (Å²) >= 11 is 0. The van der Waals surface area contributed by atoms with E-state index in [1.165, 1.54) is 0 Å². The fourth-order valence-electron chi connectivity index (χ4n) is 2.08. The van der Waals surface area contributed by atoms with Crippen LogP contribution in [0.4, 0.5) is 0 Å². The maximum Gasteiger partial charge on any atom is 0.119 e. The van der Waals surface area contributed by atoms with Gasteiger partial charge in [-0.05, 0) is 47.4 Å². The zero-order valence-corrected chi connectivity index (χ0v) is 10.6. The van der Waals surface area contributed by atoms with Crippen LogP contribution >= 0.6 is 0 Å². The standard InChI is InChI=1S/C15H19NO2/c1-18-14-7-6-11-9-13(5-4-12(11)10-14)15(16)3-2-8-17/h4-7,9-10,15,17H,2-3,8,16H2,1H3. The Kier molecular flexibility index (Phi) is 4.18. The number of methoxy groups -OCH3 is 1. The predicted molar refractivity (Wildman–Crippen MR) is 73.7 cm³/mol. The van der Waals surface area contributed by atoms with E-state index in [9.17, 15) is 0 Å². The Labute approximate surface area is 107 Å². The number of nitrogens with two attached hydrogens (primary N) is 1. The molecule has 0 saturated heterocycles. The molecule has 0 aliphatic carbocycles. The van der Waals surface area contributed by atoms with Crippen molar-refractivity contribution in [2.24, 2.45) is 5.73 Å². The van der Waals surface area contributed by atoms with Crippen molar-refractivity contribution >= 4 is 10.8 Å². The Hall–Kier alpha value is -1.58. The molecule has 1 unspecified atom stereocenters. The number of hydrogen-bond donors (Lipinski definition) is 2. The number of benzene rings is 2. The molecule has 0 fully saturated rings. The summed E-state index contributed by atoms with van der Waals surface area (Å²) in [5.41, 5.74) is 7.20. The van der Waals surface area contributed by atoms with E-state index in [1.54, 1.807) is 7.11 Å². The quantitative estimate of drug-likeness (QED) is 0.851. The first-order valence-corrected chi connectivity index (χ1v) is 6.18. The lowest BCUT2D eigenvalue weighted by atomic mass is 9.99. The summed E-state index contributed by atoms with van der Waals surface area (Å²) in [5.74, 6) is 0.861. The van der Waals surface area contributed by atoms with Gasteiger partial charge in [-0.25, -0.2) is 0 Å². The highest BCUT2D eigenvalue weighted by Crippen LogP contribution is 2.25. The van der Waals surface area contributed by atoms with Crippen molar-refractivity contribution in [2.75, 3.05) is 13.7 Å². The molecule has 3 heteroatoms. The van der Waals surface area contributed by atoms with Crippen molar-refractivity contribution < 1.29 is 9.84 Å². The van der Waals surface area contributed by atoms with Gasteiger partial charge in [-0.15, -0.1) is 0 Å². The number of aliphatic hydroxyl groups excluding tert-OH is 1. The van der Waals surface area contributed by atoms with Gasteiger partial charge in [0.25, 0.3) is 0 Å². The van der Waals surface area contributed by atoms with Gasteiger partial charge in [0.1, 0.15) is 5.75 Å². The third kappa shape index (κ3) is 2.81.